The van der Waals surface area contributed by atoms with Crippen LogP contribution in [0.15, 0.2) is 18.2 Å². The zero-order chi connectivity index (χ0) is 14.4. The lowest BCUT2D eigenvalue weighted by atomic mass is 10.1. The van der Waals surface area contributed by atoms with E-state index in [4.69, 9.17) is 4.74 Å². The summed E-state index contributed by atoms with van der Waals surface area (Å²) < 4.78 is 33.5. The summed E-state index contributed by atoms with van der Waals surface area (Å²) in [5.74, 6) is -0.286. The summed E-state index contributed by atoms with van der Waals surface area (Å²) in [4.78, 5) is 11.9. The van der Waals surface area contributed by atoms with Gasteiger partial charge >= 0.3 is 6.61 Å². The van der Waals surface area contributed by atoms with Crippen molar-refractivity contribution < 1.29 is 23.0 Å². The van der Waals surface area contributed by atoms with Gasteiger partial charge in [-0.15, -0.1) is 0 Å². The van der Waals surface area contributed by atoms with Gasteiger partial charge in [-0.2, -0.15) is 8.78 Å². The van der Waals surface area contributed by atoms with Crippen LogP contribution in [-0.2, 0) is 0 Å². The van der Waals surface area contributed by atoms with E-state index < -0.39 is 6.61 Å². The quantitative estimate of drug-likeness (QED) is 0.867. The average molecular weight is 273 g/mol. The number of ether oxygens (including phenoxy) is 2. The number of rotatable bonds is 6. The first-order valence-electron chi connectivity index (χ1n) is 5.91. The van der Waals surface area contributed by atoms with Gasteiger partial charge in [0.1, 0.15) is 0 Å². The van der Waals surface area contributed by atoms with Gasteiger partial charge < -0.3 is 14.8 Å². The van der Waals surface area contributed by atoms with E-state index in [-0.39, 0.29) is 23.4 Å². The van der Waals surface area contributed by atoms with Crippen LogP contribution in [-0.4, -0.2) is 25.7 Å². The molecule has 0 saturated heterocycles. The van der Waals surface area contributed by atoms with E-state index in [1.165, 1.54) is 25.3 Å². The Balaban J connectivity index is 2.90. The molecule has 0 spiro atoms. The van der Waals surface area contributed by atoms with Gasteiger partial charge in [0.15, 0.2) is 11.5 Å². The Hall–Kier alpha value is -1.85. The molecular weight excluding hydrogens is 256 g/mol. The molecule has 0 aliphatic heterocycles. The highest BCUT2D eigenvalue weighted by molar-refractivity contribution is 5.95. The minimum atomic E-state index is -2.94. The predicted octanol–water partition coefficient (Wildman–Crippen LogP) is 2.82. The summed E-state index contributed by atoms with van der Waals surface area (Å²) in [6, 6.07) is 4.11. The molecule has 19 heavy (non-hydrogen) atoms. The summed E-state index contributed by atoms with van der Waals surface area (Å²) in [7, 11) is 1.32. The number of carbonyl (C=O) groups is 1. The van der Waals surface area contributed by atoms with Crippen molar-refractivity contribution in [3.05, 3.63) is 23.8 Å². The Labute approximate surface area is 110 Å². The highest BCUT2D eigenvalue weighted by atomic mass is 19.3. The molecule has 1 rings (SSSR count). The lowest BCUT2D eigenvalue weighted by Gasteiger charge is -2.13. The second kappa shape index (κ2) is 6.92. The molecule has 0 radical (unpaired) electrons. The second-order valence-corrected chi connectivity index (χ2v) is 4.03. The largest absolute Gasteiger partial charge is 0.493 e. The van der Waals surface area contributed by atoms with Crippen molar-refractivity contribution in [1.82, 2.24) is 5.32 Å². The molecule has 1 amide bonds. The molecule has 0 heterocycles. The topological polar surface area (TPSA) is 47.6 Å². The van der Waals surface area contributed by atoms with Crippen LogP contribution in [0.5, 0.6) is 11.5 Å². The molecule has 0 aromatic heterocycles. The first-order chi connectivity index (χ1) is 8.97. The molecule has 1 aromatic carbocycles. The molecule has 0 unspecified atom stereocenters. The van der Waals surface area contributed by atoms with E-state index >= 15 is 0 Å². The standard InChI is InChI=1S/C13H17F2NO3/c1-4-8(2)16-12(17)9-5-6-10(19-13(14)15)11(7-9)18-3/h5-8,13H,4H2,1-3H3,(H,16,17)/t8-/m0/s1. The number of hydrogen-bond donors (Lipinski definition) is 1. The van der Waals surface area contributed by atoms with Crippen molar-refractivity contribution in [3.8, 4) is 11.5 Å². The van der Waals surface area contributed by atoms with Gasteiger partial charge in [-0.1, -0.05) is 6.92 Å². The number of alkyl halides is 2. The number of nitrogens with one attached hydrogen (secondary N) is 1. The third-order valence-electron chi connectivity index (χ3n) is 2.63. The van der Waals surface area contributed by atoms with E-state index in [0.717, 1.165) is 6.42 Å². The zero-order valence-electron chi connectivity index (χ0n) is 11.1. The Kier molecular flexibility index (Phi) is 5.54. The Morgan fingerprint density at radius 3 is 2.58 bits per heavy atom. The molecule has 1 aromatic rings. The maximum Gasteiger partial charge on any atom is 0.387 e. The lowest BCUT2D eigenvalue weighted by molar-refractivity contribution is -0.0512. The first-order valence-corrected chi connectivity index (χ1v) is 5.91. The number of benzene rings is 1. The van der Waals surface area contributed by atoms with Crippen LogP contribution in [0.4, 0.5) is 8.78 Å². The van der Waals surface area contributed by atoms with Crippen molar-refractivity contribution in [2.45, 2.75) is 32.9 Å². The van der Waals surface area contributed by atoms with E-state index in [2.05, 4.69) is 10.1 Å². The van der Waals surface area contributed by atoms with Crippen LogP contribution in [0.1, 0.15) is 30.6 Å². The lowest BCUT2D eigenvalue weighted by Crippen LogP contribution is -2.31. The summed E-state index contributed by atoms with van der Waals surface area (Å²) in [5.41, 5.74) is 0.332. The summed E-state index contributed by atoms with van der Waals surface area (Å²) >= 11 is 0. The normalized spacial score (nSPS) is 12.1. The van der Waals surface area contributed by atoms with Crippen LogP contribution in [0.2, 0.25) is 0 Å². The smallest absolute Gasteiger partial charge is 0.387 e. The van der Waals surface area contributed by atoms with Gasteiger partial charge in [-0.3, -0.25) is 4.79 Å². The highest BCUT2D eigenvalue weighted by Gasteiger charge is 2.14. The van der Waals surface area contributed by atoms with Crippen LogP contribution in [0.25, 0.3) is 0 Å². The number of hydrogen-bond acceptors (Lipinski definition) is 3. The Morgan fingerprint density at radius 1 is 1.37 bits per heavy atom. The second-order valence-electron chi connectivity index (χ2n) is 4.03. The molecule has 0 bridgehead atoms. The third-order valence-corrected chi connectivity index (χ3v) is 2.63. The molecule has 1 atom stereocenters. The van der Waals surface area contributed by atoms with E-state index in [9.17, 15) is 13.6 Å². The van der Waals surface area contributed by atoms with E-state index in [1.54, 1.807) is 0 Å². The van der Waals surface area contributed by atoms with E-state index in [1.807, 2.05) is 13.8 Å². The molecule has 106 valence electrons. The summed E-state index contributed by atoms with van der Waals surface area (Å²) in [6.07, 6.45) is 0.801. The number of carbonyl (C=O) groups excluding carboxylic acids is 1. The first kappa shape index (κ1) is 15.2. The number of methoxy groups -OCH3 is 1. The van der Waals surface area contributed by atoms with Crippen LogP contribution >= 0.6 is 0 Å². The molecule has 0 aliphatic rings. The monoisotopic (exact) mass is 273 g/mol. The number of amides is 1. The Bertz CT molecular complexity index is 438. The van der Waals surface area contributed by atoms with Gasteiger partial charge in [0.25, 0.3) is 5.91 Å². The van der Waals surface area contributed by atoms with Crippen LogP contribution in [0, 0.1) is 0 Å². The zero-order valence-corrected chi connectivity index (χ0v) is 11.1. The molecule has 4 nitrogen and oxygen atoms in total. The van der Waals surface area contributed by atoms with Gasteiger partial charge in [0, 0.05) is 11.6 Å². The minimum Gasteiger partial charge on any atom is -0.493 e. The van der Waals surface area contributed by atoms with Crippen molar-refractivity contribution in [3.63, 3.8) is 0 Å². The fourth-order valence-corrected chi connectivity index (χ4v) is 1.41. The summed E-state index contributed by atoms with van der Waals surface area (Å²) in [6.45, 7) is 0.891. The van der Waals surface area contributed by atoms with Crippen molar-refractivity contribution >= 4 is 5.91 Å². The van der Waals surface area contributed by atoms with Gasteiger partial charge in [0.2, 0.25) is 0 Å². The fraction of sp³-hybridized carbons (Fsp3) is 0.462. The maximum atomic E-state index is 12.2. The van der Waals surface area contributed by atoms with Crippen molar-refractivity contribution in [2.75, 3.05) is 7.11 Å². The van der Waals surface area contributed by atoms with Crippen LogP contribution < -0.4 is 14.8 Å². The van der Waals surface area contributed by atoms with Crippen LogP contribution in [0.3, 0.4) is 0 Å². The molecule has 6 heteroatoms. The third kappa shape index (κ3) is 4.39. The van der Waals surface area contributed by atoms with Gasteiger partial charge in [-0.25, -0.2) is 0 Å². The molecule has 0 saturated carbocycles. The predicted molar refractivity (Wildman–Crippen MR) is 66.8 cm³/mol. The van der Waals surface area contributed by atoms with E-state index in [0.29, 0.717) is 5.56 Å². The average Bonchev–Trinajstić information content (AvgIpc) is 2.38. The maximum absolute atomic E-state index is 12.2. The Morgan fingerprint density at radius 2 is 2.05 bits per heavy atom. The summed E-state index contributed by atoms with van der Waals surface area (Å²) in [5, 5.41) is 2.77. The fourth-order valence-electron chi connectivity index (χ4n) is 1.41. The number of halogens is 2. The van der Waals surface area contributed by atoms with Crippen molar-refractivity contribution in [1.29, 1.82) is 0 Å². The van der Waals surface area contributed by atoms with Gasteiger partial charge in [-0.05, 0) is 31.5 Å². The molecule has 0 fully saturated rings. The minimum absolute atomic E-state index is 0.0375. The SMILES string of the molecule is CC[C@H](C)NC(=O)c1ccc(OC(F)F)c(OC)c1. The van der Waals surface area contributed by atoms with Gasteiger partial charge in [0.05, 0.1) is 7.11 Å². The highest BCUT2D eigenvalue weighted by Crippen LogP contribution is 2.29. The van der Waals surface area contributed by atoms with Crippen molar-refractivity contribution in [2.24, 2.45) is 0 Å². The molecule has 1 N–H and O–H groups in total. The molecule has 0 aliphatic carbocycles. The molecular formula is C13H17F2NO3.